The Labute approximate surface area is 111 Å². The van der Waals surface area contributed by atoms with Crippen molar-refractivity contribution >= 4 is 14.5 Å². The third-order valence-corrected chi connectivity index (χ3v) is 7.72. The molecular formula is C13H26O4Si. The normalized spacial score (nSPS) is 12.8. The van der Waals surface area contributed by atoms with Gasteiger partial charge in [-0.1, -0.05) is 32.9 Å². The standard InChI is InChI=1S/C13H26O4Si/c1-13(2,3)18(5,6)17-11-9-7-8-10-16-12(14)15-4/h7-8H,9-11H2,1-6H3/b8-7+. The maximum Gasteiger partial charge on any atom is 0.508 e. The number of hydrogen-bond donors (Lipinski definition) is 0. The monoisotopic (exact) mass is 274 g/mol. The third kappa shape index (κ3) is 6.81. The van der Waals surface area contributed by atoms with Crippen LogP contribution in [-0.4, -0.2) is 34.8 Å². The summed E-state index contributed by atoms with van der Waals surface area (Å²) in [6.07, 6.45) is 3.93. The molecule has 0 aromatic carbocycles. The van der Waals surface area contributed by atoms with Gasteiger partial charge in [0, 0.05) is 6.61 Å². The molecule has 0 aliphatic heterocycles. The van der Waals surface area contributed by atoms with Crippen molar-refractivity contribution in [3.05, 3.63) is 12.2 Å². The minimum Gasteiger partial charge on any atom is -0.438 e. The Hall–Kier alpha value is -0.813. The number of rotatable bonds is 6. The van der Waals surface area contributed by atoms with Gasteiger partial charge in [-0.15, -0.1) is 0 Å². The van der Waals surface area contributed by atoms with Crippen LogP contribution in [0.1, 0.15) is 27.2 Å². The highest BCUT2D eigenvalue weighted by molar-refractivity contribution is 6.74. The zero-order chi connectivity index (χ0) is 14.2. The number of carbonyl (C=O) groups excluding carboxylic acids is 1. The van der Waals surface area contributed by atoms with Gasteiger partial charge in [-0.2, -0.15) is 0 Å². The Bertz CT molecular complexity index is 279. The van der Waals surface area contributed by atoms with E-state index in [4.69, 9.17) is 9.16 Å². The van der Waals surface area contributed by atoms with Crippen LogP contribution in [0, 0.1) is 0 Å². The number of ether oxygens (including phenoxy) is 2. The summed E-state index contributed by atoms with van der Waals surface area (Å²) >= 11 is 0. The van der Waals surface area contributed by atoms with Crippen molar-refractivity contribution in [1.82, 2.24) is 0 Å². The minimum atomic E-state index is -1.64. The average molecular weight is 274 g/mol. The zero-order valence-corrected chi connectivity index (χ0v) is 13.4. The van der Waals surface area contributed by atoms with Crippen molar-refractivity contribution in [3.8, 4) is 0 Å². The molecule has 0 radical (unpaired) electrons. The van der Waals surface area contributed by atoms with Crippen molar-refractivity contribution in [2.75, 3.05) is 20.3 Å². The topological polar surface area (TPSA) is 44.8 Å². The number of carbonyl (C=O) groups is 1. The fourth-order valence-corrected chi connectivity index (χ4v) is 2.02. The molecule has 0 aliphatic carbocycles. The van der Waals surface area contributed by atoms with Crippen LogP contribution in [0.15, 0.2) is 12.2 Å². The predicted octanol–water partition coefficient (Wildman–Crippen LogP) is 3.74. The van der Waals surface area contributed by atoms with E-state index >= 15 is 0 Å². The minimum absolute atomic E-state index is 0.241. The van der Waals surface area contributed by atoms with Crippen LogP contribution in [0.3, 0.4) is 0 Å². The molecular weight excluding hydrogens is 248 g/mol. The molecule has 0 fully saturated rings. The van der Waals surface area contributed by atoms with Gasteiger partial charge in [0.05, 0.1) is 7.11 Å². The van der Waals surface area contributed by atoms with E-state index in [1.54, 1.807) is 6.08 Å². The molecule has 0 atom stereocenters. The lowest BCUT2D eigenvalue weighted by Gasteiger charge is -2.36. The van der Waals surface area contributed by atoms with E-state index in [0.717, 1.165) is 6.42 Å². The summed E-state index contributed by atoms with van der Waals surface area (Å²) in [4.78, 5) is 10.6. The van der Waals surface area contributed by atoms with Crippen LogP contribution < -0.4 is 0 Å². The highest BCUT2D eigenvalue weighted by Crippen LogP contribution is 2.36. The number of methoxy groups -OCH3 is 1. The summed E-state index contributed by atoms with van der Waals surface area (Å²) in [6.45, 7) is 12.1. The summed E-state index contributed by atoms with van der Waals surface area (Å²) in [5.74, 6) is 0. The first-order chi connectivity index (χ1) is 8.20. The first-order valence-corrected chi connectivity index (χ1v) is 9.11. The van der Waals surface area contributed by atoms with Crippen LogP contribution in [0.25, 0.3) is 0 Å². The van der Waals surface area contributed by atoms with E-state index in [0.29, 0.717) is 6.61 Å². The van der Waals surface area contributed by atoms with Crippen molar-refractivity contribution in [3.63, 3.8) is 0 Å². The van der Waals surface area contributed by atoms with Gasteiger partial charge in [0.1, 0.15) is 6.61 Å². The highest BCUT2D eigenvalue weighted by Gasteiger charge is 2.36. The average Bonchev–Trinajstić information content (AvgIpc) is 2.25. The molecule has 106 valence electrons. The van der Waals surface area contributed by atoms with Gasteiger partial charge in [-0.05, 0) is 24.6 Å². The van der Waals surface area contributed by atoms with Crippen molar-refractivity contribution in [2.24, 2.45) is 0 Å². The quantitative estimate of drug-likeness (QED) is 0.320. The highest BCUT2D eigenvalue weighted by atomic mass is 28.4. The van der Waals surface area contributed by atoms with Crippen LogP contribution >= 0.6 is 0 Å². The fourth-order valence-electron chi connectivity index (χ4n) is 0.960. The fraction of sp³-hybridized carbons (Fsp3) is 0.769. The summed E-state index contributed by atoms with van der Waals surface area (Å²) in [7, 11) is -0.346. The van der Waals surface area contributed by atoms with E-state index in [-0.39, 0.29) is 11.6 Å². The second kappa shape index (κ2) is 7.58. The van der Waals surface area contributed by atoms with Gasteiger partial charge in [0.25, 0.3) is 0 Å². The first kappa shape index (κ1) is 17.2. The Morgan fingerprint density at radius 1 is 1.22 bits per heavy atom. The molecule has 0 N–H and O–H groups in total. The second-order valence-corrected chi connectivity index (χ2v) is 10.4. The summed E-state index contributed by atoms with van der Waals surface area (Å²) in [5, 5.41) is 0.241. The lowest BCUT2D eigenvalue weighted by Crippen LogP contribution is -2.40. The van der Waals surface area contributed by atoms with Gasteiger partial charge < -0.3 is 13.9 Å². The summed E-state index contributed by atoms with van der Waals surface area (Å²) in [6, 6.07) is 0. The predicted molar refractivity (Wildman–Crippen MR) is 75.3 cm³/mol. The SMILES string of the molecule is COC(=O)OC/C=C/CCO[Si](C)(C)C(C)(C)C. The molecule has 0 amide bonds. The van der Waals surface area contributed by atoms with E-state index < -0.39 is 14.5 Å². The molecule has 0 bridgehead atoms. The van der Waals surface area contributed by atoms with Gasteiger partial charge in [0.15, 0.2) is 8.32 Å². The zero-order valence-electron chi connectivity index (χ0n) is 12.4. The molecule has 0 aliphatic rings. The van der Waals surface area contributed by atoms with Crippen molar-refractivity contribution in [2.45, 2.75) is 45.3 Å². The van der Waals surface area contributed by atoms with E-state index in [1.165, 1.54) is 7.11 Å². The first-order valence-electron chi connectivity index (χ1n) is 6.20. The third-order valence-electron chi connectivity index (χ3n) is 3.18. The molecule has 5 heteroatoms. The van der Waals surface area contributed by atoms with E-state index in [2.05, 4.69) is 38.6 Å². The molecule has 0 aromatic rings. The van der Waals surface area contributed by atoms with Crippen LogP contribution in [-0.2, 0) is 13.9 Å². The lowest BCUT2D eigenvalue weighted by atomic mass is 10.2. The van der Waals surface area contributed by atoms with Gasteiger partial charge in [-0.3, -0.25) is 0 Å². The Balaban J connectivity index is 3.74. The molecule has 0 unspecified atom stereocenters. The van der Waals surface area contributed by atoms with Crippen molar-refractivity contribution in [1.29, 1.82) is 0 Å². The summed E-state index contributed by atoms with van der Waals surface area (Å²) in [5.41, 5.74) is 0. The number of hydrogen-bond acceptors (Lipinski definition) is 4. The maximum atomic E-state index is 10.6. The molecule has 0 saturated carbocycles. The van der Waals surface area contributed by atoms with Crippen LogP contribution in [0.5, 0.6) is 0 Å². The largest absolute Gasteiger partial charge is 0.508 e. The summed E-state index contributed by atoms with van der Waals surface area (Å²) < 4.78 is 15.1. The van der Waals surface area contributed by atoms with Crippen LogP contribution in [0.4, 0.5) is 4.79 Å². The Kier molecular flexibility index (Phi) is 7.24. The van der Waals surface area contributed by atoms with Crippen molar-refractivity contribution < 1.29 is 18.7 Å². The van der Waals surface area contributed by atoms with Gasteiger partial charge in [-0.25, -0.2) is 4.79 Å². The molecule has 0 saturated heterocycles. The Morgan fingerprint density at radius 3 is 2.33 bits per heavy atom. The van der Waals surface area contributed by atoms with E-state index in [9.17, 15) is 4.79 Å². The molecule has 4 nitrogen and oxygen atoms in total. The molecule has 0 rings (SSSR count). The lowest BCUT2D eigenvalue weighted by molar-refractivity contribution is 0.0817. The molecule has 0 spiro atoms. The Morgan fingerprint density at radius 2 is 1.83 bits per heavy atom. The molecule has 18 heavy (non-hydrogen) atoms. The van der Waals surface area contributed by atoms with Crippen LogP contribution in [0.2, 0.25) is 18.1 Å². The maximum absolute atomic E-state index is 10.6. The van der Waals surface area contributed by atoms with Gasteiger partial charge >= 0.3 is 6.16 Å². The van der Waals surface area contributed by atoms with E-state index in [1.807, 2.05) is 6.08 Å². The smallest absolute Gasteiger partial charge is 0.438 e. The molecule has 0 aromatic heterocycles. The molecule has 0 heterocycles. The van der Waals surface area contributed by atoms with Gasteiger partial charge in [0.2, 0.25) is 0 Å². The second-order valence-electron chi connectivity index (χ2n) is 5.63.